The average molecular weight is 370 g/mol. The first kappa shape index (κ1) is 17.9. The molecule has 0 bridgehead atoms. The van der Waals surface area contributed by atoms with Gasteiger partial charge in [-0.25, -0.2) is 13.1 Å². The van der Waals surface area contributed by atoms with Gasteiger partial charge in [-0.3, -0.25) is 0 Å². The van der Waals surface area contributed by atoms with Crippen molar-refractivity contribution in [2.45, 2.75) is 31.6 Å². The Morgan fingerprint density at radius 1 is 1.04 bits per heavy atom. The van der Waals surface area contributed by atoms with Crippen LogP contribution in [0.15, 0.2) is 42.5 Å². The van der Waals surface area contributed by atoms with Gasteiger partial charge in [0, 0.05) is 19.6 Å². The Balaban J connectivity index is 1.71. The lowest BCUT2D eigenvalue weighted by atomic mass is 10.1. The van der Waals surface area contributed by atoms with Gasteiger partial charge in [-0.05, 0) is 28.3 Å². The van der Waals surface area contributed by atoms with Gasteiger partial charge >= 0.3 is 6.18 Å². The molecule has 0 amide bonds. The Morgan fingerprint density at radius 2 is 1.76 bits per heavy atom. The monoisotopic (exact) mass is 370 g/mol. The second kappa shape index (κ2) is 6.78. The molecule has 0 saturated heterocycles. The van der Waals surface area contributed by atoms with Crippen LogP contribution in [-0.4, -0.2) is 8.42 Å². The molecule has 2 aromatic rings. The second-order valence-corrected chi connectivity index (χ2v) is 7.75. The molecule has 25 heavy (non-hydrogen) atoms. The van der Waals surface area contributed by atoms with Gasteiger partial charge in [0.05, 0.1) is 11.3 Å². The summed E-state index contributed by atoms with van der Waals surface area (Å²) in [5.74, 6) is -0.713. The van der Waals surface area contributed by atoms with Crippen LogP contribution >= 0.6 is 0 Å². The minimum atomic E-state index is -4.58. The van der Waals surface area contributed by atoms with Crippen molar-refractivity contribution in [3.05, 3.63) is 70.3 Å². The second-order valence-electron chi connectivity index (χ2n) is 5.94. The smallest absolute Gasteiger partial charge is 0.309 e. The van der Waals surface area contributed by atoms with Crippen LogP contribution < -0.4 is 10.0 Å². The van der Waals surface area contributed by atoms with Crippen LogP contribution in [0.3, 0.4) is 0 Å². The standard InChI is InChI=1S/C17H17F3N2O2S/c18-17(19,20)16-4-2-1-3-14(16)11-25(23,24)22-8-12-5-6-13-9-21-10-15(13)7-12/h1-7,21-22H,8-11H2. The first-order valence-corrected chi connectivity index (χ1v) is 9.34. The zero-order valence-corrected chi connectivity index (χ0v) is 14.0. The summed E-state index contributed by atoms with van der Waals surface area (Å²) in [5, 5.41) is 3.20. The molecule has 2 N–H and O–H groups in total. The summed E-state index contributed by atoms with van der Waals surface area (Å²) in [6.45, 7) is 1.56. The third kappa shape index (κ3) is 4.39. The van der Waals surface area contributed by atoms with Gasteiger partial charge in [0.25, 0.3) is 0 Å². The molecule has 0 spiro atoms. The van der Waals surface area contributed by atoms with Crippen LogP contribution in [0.25, 0.3) is 0 Å². The number of rotatable bonds is 5. The molecular weight excluding hydrogens is 353 g/mol. The van der Waals surface area contributed by atoms with E-state index in [0.717, 1.165) is 30.3 Å². The summed E-state index contributed by atoms with van der Waals surface area (Å²) in [6, 6.07) is 10.4. The molecule has 0 fully saturated rings. The highest BCUT2D eigenvalue weighted by Gasteiger charge is 2.33. The highest BCUT2D eigenvalue weighted by atomic mass is 32.2. The largest absolute Gasteiger partial charge is 0.416 e. The molecule has 0 saturated carbocycles. The van der Waals surface area contributed by atoms with Crippen molar-refractivity contribution in [3.63, 3.8) is 0 Å². The number of hydrogen-bond donors (Lipinski definition) is 2. The third-order valence-corrected chi connectivity index (χ3v) is 5.34. The van der Waals surface area contributed by atoms with E-state index in [1.165, 1.54) is 23.8 Å². The molecule has 0 atom stereocenters. The molecule has 0 radical (unpaired) electrons. The molecule has 1 aliphatic heterocycles. The van der Waals surface area contributed by atoms with Crippen molar-refractivity contribution in [3.8, 4) is 0 Å². The van der Waals surface area contributed by atoms with E-state index in [2.05, 4.69) is 10.0 Å². The van der Waals surface area contributed by atoms with E-state index in [1.807, 2.05) is 18.2 Å². The lowest BCUT2D eigenvalue weighted by Gasteiger charge is -2.13. The maximum atomic E-state index is 13.0. The van der Waals surface area contributed by atoms with Gasteiger partial charge in [0.2, 0.25) is 10.0 Å². The summed E-state index contributed by atoms with van der Waals surface area (Å²) < 4.78 is 65.7. The number of sulfonamides is 1. The molecule has 3 rings (SSSR count). The Morgan fingerprint density at radius 3 is 2.52 bits per heavy atom. The van der Waals surface area contributed by atoms with E-state index in [-0.39, 0.29) is 12.1 Å². The maximum absolute atomic E-state index is 13.0. The van der Waals surface area contributed by atoms with Crippen LogP contribution in [0.1, 0.15) is 27.8 Å². The summed E-state index contributed by atoms with van der Waals surface area (Å²) in [4.78, 5) is 0. The molecule has 2 aromatic carbocycles. The van der Waals surface area contributed by atoms with Crippen molar-refractivity contribution in [2.24, 2.45) is 0 Å². The Bertz CT molecular complexity index is 880. The lowest BCUT2D eigenvalue weighted by Crippen LogP contribution is -2.26. The van der Waals surface area contributed by atoms with Gasteiger partial charge in [0.1, 0.15) is 0 Å². The summed E-state index contributed by atoms with van der Waals surface area (Å²) in [7, 11) is -3.90. The van der Waals surface area contributed by atoms with E-state index < -0.39 is 27.5 Å². The summed E-state index contributed by atoms with van der Waals surface area (Å²) in [6.07, 6.45) is -4.58. The quantitative estimate of drug-likeness (QED) is 0.851. The van der Waals surface area contributed by atoms with Crippen molar-refractivity contribution in [1.29, 1.82) is 0 Å². The number of halogens is 3. The van der Waals surface area contributed by atoms with E-state index in [4.69, 9.17) is 0 Å². The number of nitrogens with one attached hydrogen (secondary N) is 2. The minimum absolute atomic E-state index is 0.0454. The van der Waals surface area contributed by atoms with Gasteiger partial charge in [-0.15, -0.1) is 0 Å². The van der Waals surface area contributed by atoms with Crippen molar-refractivity contribution in [2.75, 3.05) is 0 Å². The predicted octanol–water partition coefficient (Wildman–Crippen LogP) is 2.93. The SMILES string of the molecule is O=S(=O)(Cc1ccccc1C(F)(F)F)NCc1ccc2c(c1)CNC2. The minimum Gasteiger partial charge on any atom is -0.309 e. The van der Waals surface area contributed by atoms with Crippen LogP contribution in [0.5, 0.6) is 0 Å². The van der Waals surface area contributed by atoms with Crippen molar-refractivity contribution >= 4 is 10.0 Å². The fourth-order valence-corrected chi connectivity index (χ4v) is 3.98. The topological polar surface area (TPSA) is 58.2 Å². The van der Waals surface area contributed by atoms with E-state index in [0.29, 0.717) is 0 Å². The molecular formula is C17H17F3N2O2S. The zero-order valence-electron chi connectivity index (χ0n) is 13.2. The molecule has 1 heterocycles. The highest BCUT2D eigenvalue weighted by molar-refractivity contribution is 7.88. The highest BCUT2D eigenvalue weighted by Crippen LogP contribution is 2.32. The van der Waals surface area contributed by atoms with E-state index in [9.17, 15) is 21.6 Å². The first-order chi connectivity index (χ1) is 11.7. The molecule has 8 heteroatoms. The van der Waals surface area contributed by atoms with Crippen LogP contribution in [0.2, 0.25) is 0 Å². The lowest BCUT2D eigenvalue weighted by molar-refractivity contribution is -0.138. The molecule has 4 nitrogen and oxygen atoms in total. The Hall–Kier alpha value is -1.90. The normalized spacial score (nSPS) is 14.5. The Kier molecular flexibility index (Phi) is 4.86. The van der Waals surface area contributed by atoms with E-state index >= 15 is 0 Å². The molecule has 0 unspecified atom stereocenters. The first-order valence-electron chi connectivity index (χ1n) is 7.68. The zero-order chi connectivity index (χ0) is 18.1. The van der Waals surface area contributed by atoms with Crippen LogP contribution in [-0.2, 0) is 41.6 Å². The molecule has 0 aliphatic carbocycles. The third-order valence-electron chi connectivity index (χ3n) is 4.07. The average Bonchev–Trinajstić information content (AvgIpc) is 3.00. The van der Waals surface area contributed by atoms with Crippen molar-refractivity contribution < 1.29 is 21.6 Å². The van der Waals surface area contributed by atoms with Crippen LogP contribution in [0.4, 0.5) is 13.2 Å². The number of hydrogen-bond acceptors (Lipinski definition) is 3. The number of fused-ring (bicyclic) bond motifs is 1. The van der Waals surface area contributed by atoms with Gasteiger partial charge in [-0.2, -0.15) is 13.2 Å². The van der Waals surface area contributed by atoms with Crippen LogP contribution in [0, 0.1) is 0 Å². The summed E-state index contributed by atoms with van der Waals surface area (Å²) in [5.41, 5.74) is 1.87. The Labute approximate surface area is 144 Å². The molecule has 134 valence electrons. The maximum Gasteiger partial charge on any atom is 0.416 e. The molecule has 1 aliphatic rings. The van der Waals surface area contributed by atoms with Crippen molar-refractivity contribution in [1.82, 2.24) is 10.0 Å². The van der Waals surface area contributed by atoms with Gasteiger partial charge in [-0.1, -0.05) is 36.4 Å². The summed E-state index contributed by atoms with van der Waals surface area (Å²) >= 11 is 0. The van der Waals surface area contributed by atoms with Gasteiger partial charge in [0.15, 0.2) is 0 Å². The predicted molar refractivity (Wildman–Crippen MR) is 87.9 cm³/mol. The molecule has 0 aromatic heterocycles. The number of benzene rings is 2. The van der Waals surface area contributed by atoms with Gasteiger partial charge < -0.3 is 5.32 Å². The number of alkyl halides is 3. The fraction of sp³-hybridized carbons (Fsp3) is 0.294. The fourth-order valence-electron chi connectivity index (χ4n) is 2.83. The van der Waals surface area contributed by atoms with E-state index in [1.54, 1.807) is 0 Å².